The Bertz CT molecular complexity index is 1360. The number of H-pyrrole nitrogens is 1. The van der Waals surface area contributed by atoms with Gasteiger partial charge in [0.05, 0.1) is 11.4 Å². The van der Waals surface area contributed by atoms with E-state index in [1.807, 2.05) is 85.8 Å². The molecule has 0 radical (unpaired) electrons. The van der Waals surface area contributed by atoms with Crippen LogP contribution in [0.15, 0.2) is 84.9 Å². The highest BCUT2D eigenvalue weighted by Crippen LogP contribution is 2.39. The van der Waals surface area contributed by atoms with E-state index in [9.17, 15) is 4.79 Å². The number of aromatic nitrogens is 3. The zero-order valence-corrected chi connectivity index (χ0v) is 16.9. The minimum absolute atomic E-state index is 0.0665. The van der Waals surface area contributed by atoms with Gasteiger partial charge in [0.1, 0.15) is 5.82 Å². The van der Waals surface area contributed by atoms with E-state index in [0.29, 0.717) is 5.82 Å². The molecule has 4 heteroatoms. The molecule has 5 aromatic rings. The number of hydrogen-bond acceptors (Lipinski definition) is 2. The minimum atomic E-state index is -0.0665. The number of para-hydroxylation sites is 1. The minimum Gasteiger partial charge on any atom is -0.358 e. The summed E-state index contributed by atoms with van der Waals surface area (Å²) in [5.74, 6) is 0.596. The Balaban J connectivity index is 1.90. The van der Waals surface area contributed by atoms with Crippen LogP contribution >= 0.6 is 0 Å². The van der Waals surface area contributed by atoms with Gasteiger partial charge in [0.15, 0.2) is 0 Å². The first-order chi connectivity index (χ1) is 14.6. The Morgan fingerprint density at radius 3 is 2.10 bits per heavy atom. The van der Waals surface area contributed by atoms with Crippen LogP contribution < -0.4 is 0 Å². The molecule has 3 aromatic carbocycles. The summed E-state index contributed by atoms with van der Waals surface area (Å²) in [6.45, 7) is 3.62. The Kier molecular flexibility index (Phi) is 4.32. The van der Waals surface area contributed by atoms with Gasteiger partial charge in [-0.15, -0.1) is 0 Å². The van der Waals surface area contributed by atoms with Crippen molar-refractivity contribution in [3.63, 3.8) is 0 Å². The maximum Gasteiger partial charge on any atom is 0.229 e. The molecule has 0 spiro atoms. The van der Waals surface area contributed by atoms with Crippen LogP contribution in [-0.4, -0.2) is 20.4 Å². The highest BCUT2D eigenvalue weighted by atomic mass is 16.1. The van der Waals surface area contributed by atoms with Crippen molar-refractivity contribution >= 4 is 16.8 Å². The number of carbonyl (C=O) groups is 1. The van der Waals surface area contributed by atoms with Crippen molar-refractivity contribution in [2.45, 2.75) is 13.8 Å². The van der Waals surface area contributed by atoms with Crippen LogP contribution in [0.4, 0.5) is 0 Å². The Labute approximate surface area is 174 Å². The zero-order valence-electron chi connectivity index (χ0n) is 16.9. The van der Waals surface area contributed by atoms with Crippen molar-refractivity contribution < 1.29 is 4.79 Å². The van der Waals surface area contributed by atoms with Crippen LogP contribution in [0.3, 0.4) is 0 Å². The topological polar surface area (TPSA) is 50.7 Å². The highest BCUT2D eigenvalue weighted by molar-refractivity contribution is 6.00. The second-order valence-electron chi connectivity index (χ2n) is 7.39. The Morgan fingerprint density at radius 2 is 1.43 bits per heavy atom. The number of nitrogens with zero attached hydrogens (tertiary/aromatic N) is 2. The summed E-state index contributed by atoms with van der Waals surface area (Å²) in [5.41, 5.74) is 6.54. The molecular formula is C26H21N3O. The van der Waals surface area contributed by atoms with Gasteiger partial charge in [-0.25, -0.2) is 4.98 Å². The number of aromatic amines is 1. The van der Waals surface area contributed by atoms with Gasteiger partial charge in [0.25, 0.3) is 0 Å². The lowest BCUT2D eigenvalue weighted by atomic mass is 10.0. The van der Waals surface area contributed by atoms with Gasteiger partial charge in [-0.3, -0.25) is 9.36 Å². The van der Waals surface area contributed by atoms with Crippen LogP contribution in [0.25, 0.3) is 44.8 Å². The third-order valence-corrected chi connectivity index (χ3v) is 5.40. The molecule has 0 unspecified atom stereocenters. The zero-order chi connectivity index (χ0) is 20.7. The standard InChI is InChI=1S/C26H21N3O/c1-17-23(21-15-9-10-16-22(21)27-17)26-28-24(19-11-5-3-6-12-19)25(29(26)18(2)30)20-13-7-4-8-14-20/h3-16,27H,1-2H3. The van der Waals surface area contributed by atoms with Crippen molar-refractivity contribution in [2.75, 3.05) is 0 Å². The van der Waals surface area contributed by atoms with E-state index in [0.717, 1.165) is 44.7 Å². The number of carbonyl (C=O) groups excluding carboxylic acids is 1. The van der Waals surface area contributed by atoms with Gasteiger partial charge in [-0.05, 0) is 13.0 Å². The molecule has 2 aromatic heterocycles. The molecule has 0 amide bonds. The van der Waals surface area contributed by atoms with Crippen molar-refractivity contribution in [1.29, 1.82) is 0 Å². The first kappa shape index (κ1) is 18.1. The molecule has 146 valence electrons. The first-order valence-corrected chi connectivity index (χ1v) is 9.97. The number of aryl methyl sites for hydroxylation is 1. The quantitative estimate of drug-likeness (QED) is 0.390. The van der Waals surface area contributed by atoms with Gasteiger partial charge in [-0.2, -0.15) is 0 Å². The summed E-state index contributed by atoms with van der Waals surface area (Å²) in [5, 5.41) is 1.06. The lowest BCUT2D eigenvalue weighted by molar-refractivity contribution is 0.0940. The summed E-state index contributed by atoms with van der Waals surface area (Å²) in [6.07, 6.45) is 0. The molecule has 1 N–H and O–H groups in total. The Morgan fingerprint density at radius 1 is 0.833 bits per heavy atom. The van der Waals surface area contributed by atoms with Crippen molar-refractivity contribution in [2.24, 2.45) is 0 Å². The fourth-order valence-electron chi connectivity index (χ4n) is 4.12. The predicted molar refractivity (Wildman–Crippen MR) is 121 cm³/mol. The smallest absolute Gasteiger partial charge is 0.229 e. The second-order valence-corrected chi connectivity index (χ2v) is 7.39. The molecule has 0 aliphatic heterocycles. The SMILES string of the molecule is CC(=O)n1c(-c2c(C)[nH]c3ccccc23)nc(-c2ccccc2)c1-c1ccccc1. The van der Waals surface area contributed by atoms with E-state index in [1.165, 1.54) is 0 Å². The number of benzene rings is 3. The van der Waals surface area contributed by atoms with E-state index >= 15 is 0 Å². The van der Waals surface area contributed by atoms with Gasteiger partial charge in [0.2, 0.25) is 5.91 Å². The Hall–Kier alpha value is -3.92. The first-order valence-electron chi connectivity index (χ1n) is 9.97. The molecule has 30 heavy (non-hydrogen) atoms. The molecule has 0 fully saturated rings. The van der Waals surface area contributed by atoms with Crippen LogP contribution in [-0.2, 0) is 0 Å². The van der Waals surface area contributed by atoms with Crippen LogP contribution in [0, 0.1) is 6.92 Å². The van der Waals surface area contributed by atoms with E-state index in [4.69, 9.17) is 4.98 Å². The maximum absolute atomic E-state index is 13.0. The molecule has 4 nitrogen and oxygen atoms in total. The molecule has 0 saturated heterocycles. The van der Waals surface area contributed by atoms with Crippen LogP contribution in [0.2, 0.25) is 0 Å². The van der Waals surface area contributed by atoms with Crippen molar-refractivity contribution in [3.05, 3.63) is 90.6 Å². The fraction of sp³-hybridized carbons (Fsp3) is 0.0769. The average Bonchev–Trinajstić information content (AvgIpc) is 3.32. The monoisotopic (exact) mass is 391 g/mol. The molecule has 5 rings (SSSR count). The fourth-order valence-corrected chi connectivity index (χ4v) is 4.12. The highest BCUT2D eigenvalue weighted by Gasteiger charge is 2.25. The van der Waals surface area contributed by atoms with Gasteiger partial charge in [-0.1, -0.05) is 78.9 Å². The number of hydrogen-bond donors (Lipinski definition) is 1. The number of nitrogens with one attached hydrogen (secondary N) is 1. The van der Waals surface area contributed by atoms with E-state index < -0.39 is 0 Å². The third kappa shape index (κ3) is 2.85. The van der Waals surface area contributed by atoms with Crippen LogP contribution in [0.1, 0.15) is 17.4 Å². The third-order valence-electron chi connectivity index (χ3n) is 5.40. The van der Waals surface area contributed by atoms with E-state index in [2.05, 4.69) is 11.1 Å². The molecule has 0 bridgehead atoms. The molecule has 0 aliphatic carbocycles. The van der Waals surface area contributed by atoms with E-state index in [1.54, 1.807) is 11.5 Å². The molecule has 0 atom stereocenters. The summed E-state index contributed by atoms with van der Waals surface area (Å²) < 4.78 is 1.75. The number of rotatable bonds is 3. The average molecular weight is 391 g/mol. The summed E-state index contributed by atoms with van der Waals surface area (Å²) in [4.78, 5) is 21.4. The molecular weight excluding hydrogens is 370 g/mol. The van der Waals surface area contributed by atoms with Gasteiger partial charge >= 0.3 is 0 Å². The van der Waals surface area contributed by atoms with Crippen LogP contribution in [0.5, 0.6) is 0 Å². The molecule has 0 saturated carbocycles. The second kappa shape index (κ2) is 7.16. The predicted octanol–water partition coefficient (Wildman–Crippen LogP) is 6.33. The summed E-state index contributed by atoms with van der Waals surface area (Å²) >= 11 is 0. The maximum atomic E-state index is 13.0. The molecule has 0 aliphatic rings. The number of fused-ring (bicyclic) bond motifs is 1. The molecule has 2 heterocycles. The lowest BCUT2D eigenvalue weighted by Gasteiger charge is -2.10. The van der Waals surface area contributed by atoms with Crippen molar-refractivity contribution in [3.8, 4) is 33.9 Å². The van der Waals surface area contributed by atoms with Gasteiger partial charge < -0.3 is 4.98 Å². The van der Waals surface area contributed by atoms with E-state index in [-0.39, 0.29) is 5.91 Å². The summed E-state index contributed by atoms with van der Waals surface area (Å²) in [6, 6.07) is 28.2. The summed E-state index contributed by atoms with van der Waals surface area (Å²) in [7, 11) is 0. The normalized spacial score (nSPS) is 11.1. The lowest BCUT2D eigenvalue weighted by Crippen LogP contribution is -2.09. The van der Waals surface area contributed by atoms with Gasteiger partial charge in [0, 0.05) is 40.2 Å². The largest absolute Gasteiger partial charge is 0.358 e. The van der Waals surface area contributed by atoms with Crippen molar-refractivity contribution in [1.82, 2.24) is 14.5 Å². The number of imidazole rings is 1.